The van der Waals surface area contributed by atoms with Crippen molar-refractivity contribution in [2.75, 3.05) is 52.4 Å². The summed E-state index contributed by atoms with van der Waals surface area (Å²) in [5.74, 6) is 0. The van der Waals surface area contributed by atoms with Gasteiger partial charge in [0.25, 0.3) is 0 Å². The molecule has 3 aromatic heterocycles. The van der Waals surface area contributed by atoms with Gasteiger partial charge in [-0.1, -0.05) is 18.2 Å². The van der Waals surface area contributed by atoms with Crippen molar-refractivity contribution in [1.29, 1.82) is 0 Å². The molecule has 2 fully saturated rings. The highest BCUT2D eigenvalue weighted by Gasteiger charge is 2.20. The molecule has 0 bridgehead atoms. The highest BCUT2D eigenvalue weighted by atomic mass is 15.3. The molecule has 7 nitrogen and oxygen atoms in total. The molecule has 7 heteroatoms. The molecule has 3 aromatic rings. The van der Waals surface area contributed by atoms with Gasteiger partial charge in [0.1, 0.15) is 0 Å². The maximum atomic E-state index is 5.00. The van der Waals surface area contributed by atoms with E-state index in [1.807, 2.05) is 24.5 Å². The van der Waals surface area contributed by atoms with Crippen molar-refractivity contribution in [3.05, 3.63) is 89.8 Å². The Kier molecular flexibility index (Phi) is 7.88. The molecule has 0 N–H and O–H groups in total. The maximum Gasteiger partial charge on any atom is 0.0547 e. The highest BCUT2D eigenvalue weighted by Crippen LogP contribution is 2.13. The number of piperazine rings is 2. The summed E-state index contributed by atoms with van der Waals surface area (Å²) in [6.07, 6.45) is 3.76. The number of nitrogens with zero attached hydrogens (tertiary/aromatic N) is 7. The molecule has 0 spiro atoms. The normalized spacial score (nSPS) is 18.8. The van der Waals surface area contributed by atoms with E-state index in [0.717, 1.165) is 89.9 Å². The second kappa shape index (κ2) is 11.6. The number of pyridine rings is 3. The Balaban J connectivity index is 1.06. The van der Waals surface area contributed by atoms with Gasteiger partial charge in [0.15, 0.2) is 0 Å². The molecule has 0 radical (unpaired) electrons. The van der Waals surface area contributed by atoms with E-state index >= 15 is 0 Å². The lowest BCUT2D eigenvalue weighted by molar-refractivity contribution is 0.117. The van der Waals surface area contributed by atoms with Crippen LogP contribution in [0.5, 0.6) is 0 Å². The fourth-order valence-corrected chi connectivity index (χ4v) is 4.82. The van der Waals surface area contributed by atoms with E-state index in [4.69, 9.17) is 4.98 Å². The average molecular weight is 458 g/mol. The van der Waals surface area contributed by atoms with Crippen molar-refractivity contribution >= 4 is 0 Å². The van der Waals surface area contributed by atoms with Crippen LogP contribution in [0.2, 0.25) is 0 Å². The molecular weight excluding hydrogens is 422 g/mol. The Bertz CT molecular complexity index is 919. The van der Waals surface area contributed by atoms with Crippen molar-refractivity contribution in [3.63, 3.8) is 0 Å². The van der Waals surface area contributed by atoms with Gasteiger partial charge >= 0.3 is 0 Å². The molecule has 178 valence electrons. The molecule has 0 saturated carbocycles. The van der Waals surface area contributed by atoms with Crippen LogP contribution in [0.3, 0.4) is 0 Å². The van der Waals surface area contributed by atoms with Crippen LogP contribution in [-0.4, -0.2) is 86.9 Å². The second-order valence-corrected chi connectivity index (χ2v) is 9.37. The van der Waals surface area contributed by atoms with Gasteiger partial charge in [-0.25, -0.2) is 0 Å². The molecule has 0 unspecified atom stereocenters. The largest absolute Gasteiger partial charge is 0.295 e. The fraction of sp³-hybridized carbons (Fsp3) is 0.444. The lowest BCUT2D eigenvalue weighted by Gasteiger charge is -2.35. The third-order valence-corrected chi connectivity index (χ3v) is 6.79. The van der Waals surface area contributed by atoms with E-state index in [1.165, 1.54) is 11.4 Å². The zero-order valence-electron chi connectivity index (χ0n) is 20.0. The monoisotopic (exact) mass is 457 g/mol. The summed E-state index contributed by atoms with van der Waals surface area (Å²) in [7, 11) is 0. The molecule has 5 rings (SSSR count). The zero-order chi connectivity index (χ0) is 23.0. The van der Waals surface area contributed by atoms with Crippen molar-refractivity contribution in [1.82, 2.24) is 34.6 Å². The molecule has 2 saturated heterocycles. The van der Waals surface area contributed by atoms with E-state index in [0.29, 0.717) is 0 Å². The van der Waals surface area contributed by atoms with E-state index in [2.05, 4.69) is 72.0 Å². The highest BCUT2D eigenvalue weighted by molar-refractivity contribution is 5.12. The molecular formula is C27H35N7. The number of hydrogen-bond acceptors (Lipinski definition) is 7. The Morgan fingerprint density at radius 1 is 0.441 bits per heavy atom. The quantitative estimate of drug-likeness (QED) is 0.515. The topological polar surface area (TPSA) is 51.6 Å². The average Bonchev–Trinajstić information content (AvgIpc) is 2.88. The molecule has 5 heterocycles. The molecule has 34 heavy (non-hydrogen) atoms. The Hall–Kier alpha value is -2.71. The summed E-state index contributed by atoms with van der Waals surface area (Å²) >= 11 is 0. The van der Waals surface area contributed by atoms with E-state index in [9.17, 15) is 0 Å². The first-order chi connectivity index (χ1) is 16.8. The van der Waals surface area contributed by atoms with Gasteiger partial charge in [-0.05, 0) is 36.4 Å². The number of hydrogen-bond donors (Lipinski definition) is 0. The third-order valence-electron chi connectivity index (χ3n) is 6.79. The minimum absolute atomic E-state index is 0.934. The van der Waals surface area contributed by atoms with Gasteiger partial charge in [-0.2, -0.15) is 0 Å². The van der Waals surface area contributed by atoms with E-state index < -0.39 is 0 Å². The SMILES string of the molecule is c1ccc(CN2CCN(Cc3cccc(CN4CCN(Cc5ccccn5)CC4)n3)CC2)nc1. The minimum Gasteiger partial charge on any atom is -0.295 e. The first-order valence-electron chi connectivity index (χ1n) is 12.4. The first kappa shape index (κ1) is 23.1. The van der Waals surface area contributed by atoms with Crippen LogP contribution in [0.15, 0.2) is 67.0 Å². The van der Waals surface area contributed by atoms with Gasteiger partial charge in [0.2, 0.25) is 0 Å². The molecule has 0 amide bonds. The molecule has 0 aliphatic carbocycles. The predicted octanol–water partition coefficient (Wildman–Crippen LogP) is 2.51. The minimum atomic E-state index is 0.934. The summed E-state index contributed by atoms with van der Waals surface area (Å²) in [6.45, 7) is 12.4. The summed E-state index contributed by atoms with van der Waals surface area (Å²) in [5.41, 5.74) is 4.68. The van der Waals surface area contributed by atoms with Crippen LogP contribution >= 0.6 is 0 Å². The third kappa shape index (κ3) is 6.67. The summed E-state index contributed by atoms with van der Waals surface area (Å²) in [5, 5.41) is 0. The van der Waals surface area contributed by atoms with Crippen LogP contribution in [0.1, 0.15) is 22.8 Å². The van der Waals surface area contributed by atoms with Gasteiger partial charge in [-0.3, -0.25) is 34.6 Å². The number of rotatable bonds is 8. The summed E-state index contributed by atoms with van der Waals surface area (Å²) in [4.78, 5) is 24.0. The predicted molar refractivity (Wildman–Crippen MR) is 134 cm³/mol. The van der Waals surface area contributed by atoms with Crippen LogP contribution in [-0.2, 0) is 26.2 Å². The molecule has 0 aromatic carbocycles. The zero-order valence-corrected chi connectivity index (χ0v) is 20.0. The van der Waals surface area contributed by atoms with Crippen molar-refractivity contribution in [3.8, 4) is 0 Å². The van der Waals surface area contributed by atoms with E-state index in [1.54, 1.807) is 0 Å². The second-order valence-electron chi connectivity index (χ2n) is 9.37. The van der Waals surface area contributed by atoms with Crippen LogP contribution < -0.4 is 0 Å². The Morgan fingerprint density at radius 2 is 0.794 bits per heavy atom. The van der Waals surface area contributed by atoms with Gasteiger partial charge in [-0.15, -0.1) is 0 Å². The van der Waals surface area contributed by atoms with Crippen molar-refractivity contribution < 1.29 is 0 Å². The molecule has 2 aliphatic heterocycles. The van der Waals surface area contributed by atoms with E-state index in [-0.39, 0.29) is 0 Å². The van der Waals surface area contributed by atoms with Crippen LogP contribution in [0.4, 0.5) is 0 Å². The standard InChI is InChI=1S/C27H35N7/c1-3-10-28-24(6-1)20-31-12-16-33(17-13-31)22-26-8-5-9-27(30-26)23-34-18-14-32(15-19-34)21-25-7-2-4-11-29-25/h1-11H,12-23H2. The molecule has 0 atom stereocenters. The Morgan fingerprint density at radius 3 is 1.15 bits per heavy atom. The summed E-state index contributed by atoms with van der Waals surface area (Å²) in [6, 6.07) is 18.8. The van der Waals surface area contributed by atoms with Crippen molar-refractivity contribution in [2.45, 2.75) is 26.2 Å². The van der Waals surface area contributed by atoms with Gasteiger partial charge in [0, 0.05) is 90.9 Å². The first-order valence-corrected chi connectivity index (χ1v) is 12.4. The smallest absolute Gasteiger partial charge is 0.0547 e. The Labute approximate surface area is 203 Å². The maximum absolute atomic E-state index is 5.00. The van der Waals surface area contributed by atoms with Gasteiger partial charge in [0.05, 0.1) is 22.8 Å². The lowest BCUT2D eigenvalue weighted by Crippen LogP contribution is -2.46. The number of aromatic nitrogens is 3. The van der Waals surface area contributed by atoms with Gasteiger partial charge < -0.3 is 0 Å². The summed E-state index contributed by atoms with van der Waals surface area (Å²) < 4.78 is 0. The van der Waals surface area contributed by atoms with Crippen LogP contribution in [0.25, 0.3) is 0 Å². The molecule has 2 aliphatic rings. The fourth-order valence-electron chi connectivity index (χ4n) is 4.82. The van der Waals surface area contributed by atoms with Crippen molar-refractivity contribution in [2.24, 2.45) is 0 Å². The lowest BCUT2D eigenvalue weighted by atomic mass is 10.2. The van der Waals surface area contributed by atoms with Crippen LogP contribution in [0, 0.1) is 0 Å².